The number of aliphatic carboxylic acids is 1. The maximum atomic E-state index is 12.6. The maximum absolute atomic E-state index is 12.6. The number of hydrogen-bond acceptors (Lipinski definition) is 2. The average molecular weight is 244 g/mol. The Morgan fingerprint density at radius 2 is 2.12 bits per heavy atom. The van der Waals surface area contributed by atoms with Gasteiger partial charge in [0.1, 0.15) is 17.8 Å². The molecule has 2 N–H and O–H groups in total. The highest BCUT2D eigenvalue weighted by Crippen LogP contribution is 2.33. The molecular weight excluding hydrogens is 237 g/mol. The highest BCUT2D eigenvalue weighted by molar-refractivity contribution is 5.80. The zero-order valence-corrected chi connectivity index (χ0v) is 8.38. The highest BCUT2D eigenvalue weighted by Gasteiger charge is 2.33. The van der Waals surface area contributed by atoms with Gasteiger partial charge in [0.2, 0.25) is 0 Å². The molecule has 1 aromatic carbocycles. The first kappa shape index (κ1) is 11.4. The largest absolute Gasteiger partial charge is 0.481 e. The summed E-state index contributed by atoms with van der Waals surface area (Å²) >= 11 is 0. The first-order valence-corrected chi connectivity index (χ1v) is 4.64. The molecule has 0 atom stereocenters. The smallest absolute Gasteiger partial charge is 0.418 e. The van der Waals surface area contributed by atoms with Crippen LogP contribution in [0.2, 0.25) is 0 Å². The van der Waals surface area contributed by atoms with E-state index in [9.17, 15) is 18.0 Å². The number of rotatable bonds is 2. The number of aromatic nitrogens is 2. The Bertz CT molecular complexity index is 574. The molecule has 0 saturated heterocycles. The Labute approximate surface area is 93.1 Å². The van der Waals surface area contributed by atoms with Crippen molar-refractivity contribution in [1.82, 2.24) is 9.97 Å². The van der Waals surface area contributed by atoms with E-state index in [-0.39, 0.29) is 16.9 Å². The predicted octanol–water partition coefficient (Wildman–Crippen LogP) is 2.21. The second-order valence-electron chi connectivity index (χ2n) is 3.45. The summed E-state index contributed by atoms with van der Waals surface area (Å²) in [6, 6.07) is 3.57. The molecule has 2 aromatic rings. The van der Waals surface area contributed by atoms with Gasteiger partial charge >= 0.3 is 12.1 Å². The molecule has 0 amide bonds. The van der Waals surface area contributed by atoms with E-state index in [1.165, 1.54) is 12.1 Å². The third-order valence-electron chi connectivity index (χ3n) is 2.19. The van der Waals surface area contributed by atoms with Crippen LogP contribution >= 0.6 is 0 Å². The predicted molar refractivity (Wildman–Crippen MR) is 52.4 cm³/mol. The molecule has 1 aromatic heterocycles. The Balaban J connectivity index is 2.57. The second-order valence-corrected chi connectivity index (χ2v) is 3.45. The zero-order chi connectivity index (χ0) is 12.6. The van der Waals surface area contributed by atoms with E-state index >= 15 is 0 Å². The molecule has 0 aliphatic rings. The SMILES string of the molecule is O=C(O)Cc1nc2c(C(F)(F)F)cccc2[nH]1. The molecule has 0 saturated carbocycles. The summed E-state index contributed by atoms with van der Waals surface area (Å²) < 4.78 is 37.9. The molecule has 7 heteroatoms. The Morgan fingerprint density at radius 1 is 1.41 bits per heavy atom. The number of halogens is 3. The molecule has 0 aliphatic heterocycles. The van der Waals surface area contributed by atoms with Crippen LogP contribution in [0.1, 0.15) is 11.4 Å². The fourth-order valence-electron chi connectivity index (χ4n) is 1.54. The summed E-state index contributed by atoms with van der Waals surface area (Å²) in [5.74, 6) is -1.15. The second kappa shape index (κ2) is 3.76. The van der Waals surface area contributed by atoms with Gasteiger partial charge in [-0.15, -0.1) is 0 Å². The minimum atomic E-state index is -4.50. The van der Waals surface area contributed by atoms with Gasteiger partial charge in [0.25, 0.3) is 0 Å². The lowest BCUT2D eigenvalue weighted by atomic mass is 10.2. The number of imidazole rings is 1. The minimum absolute atomic E-state index is 0.00389. The molecule has 4 nitrogen and oxygen atoms in total. The van der Waals surface area contributed by atoms with Crippen LogP contribution in [0, 0.1) is 0 Å². The number of carboxylic acid groups (broad SMARTS) is 1. The van der Waals surface area contributed by atoms with Gasteiger partial charge in [-0.2, -0.15) is 13.2 Å². The van der Waals surface area contributed by atoms with E-state index in [1.807, 2.05) is 0 Å². The molecule has 0 bridgehead atoms. The molecule has 0 spiro atoms. The van der Waals surface area contributed by atoms with Crippen molar-refractivity contribution in [2.75, 3.05) is 0 Å². The van der Waals surface area contributed by atoms with Crippen LogP contribution in [0.3, 0.4) is 0 Å². The molecule has 17 heavy (non-hydrogen) atoms. The van der Waals surface area contributed by atoms with Gasteiger partial charge in [-0.1, -0.05) is 6.07 Å². The van der Waals surface area contributed by atoms with Crippen LogP contribution in [-0.2, 0) is 17.4 Å². The molecule has 0 unspecified atom stereocenters. The monoisotopic (exact) mass is 244 g/mol. The van der Waals surface area contributed by atoms with Crippen molar-refractivity contribution >= 4 is 17.0 Å². The first-order valence-electron chi connectivity index (χ1n) is 4.64. The highest BCUT2D eigenvalue weighted by atomic mass is 19.4. The van der Waals surface area contributed by atoms with Crippen molar-refractivity contribution < 1.29 is 23.1 Å². The van der Waals surface area contributed by atoms with Crippen molar-refractivity contribution in [3.63, 3.8) is 0 Å². The standard InChI is InChI=1S/C10H7F3N2O2/c11-10(12,13)5-2-1-3-6-9(5)15-7(14-6)4-8(16)17/h1-3H,4H2,(H,14,15)(H,16,17). The lowest BCUT2D eigenvalue weighted by Gasteiger charge is -2.05. The minimum Gasteiger partial charge on any atom is -0.481 e. The van der Waals surface area contributed by atoms with Gasteiger partial charge in [-0.05, 0) is 12.1 Å². The lowest BCUT2D eigenvalue weighted by Crippen LogP contribution is -2.05. The van der Waals surface area contributed by atoms with Crippen molar-refractivity contribution in [2.45, 2.75) is 12.6 Å². The number of alkyl halides is 3. The molecule has 1 heterocycles. The number of hydrogen-bond donors (Lipinski definition) is 2. The molecule has 0 radical (unpaired) electrons. The van der Waals surface area contributed by atoms with Crippen LogP contribution in [0.15, 0.2) is 18.2 Å². The number of para-hydroxylation sites is 1. The number of aromatic amines is 1. The summed E-state index contributed by atoms with van der Waals surface area (Å²) in [7, 11) is 0. The fourth-order valence-corrected chi connectivity index (χ4v) is 1.54. The third-order valence-corrected chi connectivity index (χ3v) is 2.19. The van der Waals surface area contributed by atoms with Crippen LogP contribution < -0.4 is 0 Å². The summed E-state index contributed by atoms with van der Waals surface area (Å²) in [5.41, 5.74) is -0.949. The summed E-state index contributed by atoms with van der Waals surface area (Å²) in [5, 5.41) is 8.54. The number of carbonyl (C=O) groups is 1. The zero-order valence-electron chi connectivity index (χ0n) is 8.38. The van der Waals surface area contributed by atoms with Gasteiger partial charge in [0.05, 0.1) is 11.1 Å². The number of nitrogens with zero attached hydrogens (tertiary/aromatic N) is 1. The first-order chi connectivity index (χ1) is 7.88. The summed E-state index contributed by atoms with van der Waals surface area (Å²) in [6.07, 6.45) is -4.94. The van der Waals surface area contributed by atoms with Crippen LogP contribution in [0.5, 0.6) is 0 Å². The molecule has 2 rings (SSSR count). The molecular formula is C10H7F3N2O2. The van der Waals surface area contributed by atoms with E-state index in [0.717, 1.165) is 6.07 Å². The van der Waals surface area contributed by atoms with Gasteiger partial charge in [0.15, 0.2) is 0 Å². The van der Waals surface area contributed by atoms with E-state index in [2.05, 4.69) is 9.97 Å². The Kier molecular flexibility index (Phi) is 2.53. The van der Waals surface area contributed by atoms with Crippen molar-refractivity contribution in [1.29, 1.82) is 0 Å². The number of benzene rings is 1. The van der Waals surface area contributed by atoms with E-state index < -0.39 is 24.1 Å². The van der Waals surface area contributed by atoms with Gasteiger partial charge in [-0.3, -0.25) is 4.79 Å². The van der Waals surface area contributed by atoms with Gasteiger partial charge < -0.3 is 10.1 Å². The Morgan fingerprint density at radius 3 is 2.71 bits per heavy atom. The number of nitrogens with one attached hydrogen (secondary N) is 1. The van der Waals surface area contributed by atoms with Crippen molar-refractivity contribution in [3.8, 4) is 0 Å². The van der Waals surface area contributed by atoms with E-state index in [1.54, 1.807) is 0 Å². The van der Waals surface area contributed by atoms with Crippen molar-refractivity contribution in [3.05, 3.63) is 29.6 Å². The maximum Gasteiger partial charge on any atom is 0.418 e. The number of H-pyrrole nitrogens is 1. The fraction of sp³-hybridized carbons (Fsp3) is 0.200. The summed E-state index contributed by atoms with van der Waals surface area (Å²) in [6.45, 7) is 0. The van der Waals surface area contributed by atoms with E-state index in [0.29, 0.717) is 0 Å². The van der Waals surface area contributed by atoms with Crippen LogP contribution in [0.4, 0.5) is 13.2 Å². The average Bonchev–Trinajstić information content (AvgIpc) is 2.55. The molecule has 90 valence electrons. The third kappa shape index (κ3) is 2.22. The topological polar surface area (TPSA) is 66.0 Å². The number of carboxylic acids is 1. The van der Waals surface area contributed by atoms with Crippen LogP contribution in [-0.4, -0.2) is 21.0 Å². The lowest BCUT2D eigenvalue weighted by molar-refractivity contribution is -0.137. The van der Waals surface area contributed by atoms with Gasteiger partial charge in [-0.25, -0.2) is 4.98 Å². The summed E-state index contributed by atoms with van der Waals surface area (Å²) in [4.78, 5) is 16.7. The Hall–Kier alpha value is -2.05. The number of fused-ring (bicyclic) bond motifs is 1. The molecule has 0 fully saturated rings. The van der Waals surface area contributed by atoms with E-state index in [4.69, 9.17) is 5.11 Å². The van der Waals surface area contributed by atoms with Crippen molar-refractivity contribution in [2.24, 2.45) is 0 Å². The van der Waals surface area contributed by atoms with Gasteiger partial charge in [0, 0.05) is 0 Å². The molecule has 0 aliphatic carbocycles. The normalized spacial score (nSPS) is 11.9. The van der Waals surface area contributed by atoms with Crippen LogP contribution in [0.25, 0.3) is 11.0 Å². The quantitative estimate of drug-likeness (QED) is 0.851.